The molecule has 3 rings (SSSR count). The van der Waals surface area contributed by atoms with Crippen LogP contribution in [-0.2, 0) is 5.88 Å². The summed E-state index contributed by atoms with van der Waals surface area (Å²) in [5, 5.41) is 0.801. The molecule has 0 N–H and O–H groups in total. The third-order valence-corrected chi connectivity index (χ3v) is 5.93. The van der Waals surface area contributed by atoms with E-state index in [1.807, 2.05) is 12.1 Å². The maximum absolute atomic E-state index is 6.28. The molecule has 2 aliphatic rings. The van der Waals surface area contributed by atoms with Gasteiger partial charge in [-0.05, 0) is 43.2 Å². The van der Waals surface area contributed by atoms with Gasteiger partial charge in [-0.2, -0.15) is 0 Å². The van der Waals surface area contributed by atoms with Crippen molar-refractivity contribution in [2.75, 3.05) is 18.0 Å². The molecule has 0 radical (unpaired) electrons. The van der Waals surface area contributed by atoms with Gasteiger partial charge in [0, 0.05) is 29.4 Å². The zero-order valence-electron chi connectivity index (χ0n) is 12.0. The number of nitrogens with zero attached hydrogens (tertiary/aromatic N) is 1. The van der Waals surface area contributed by atoms with Gasteiger partial charge >= 0.3 is 0 Å². The fourth-order valence-corrected chi connectivity index (χ4v) is 4.59. The van der Waals surface area contributed by atoms with Gasteiger partial charge in [-0.3, -0.25) is 0 Å². The number of hydrogen-bond donors (Lipinski definition) is 0. The second kappa shape index (κ2) is 6.15. The highest BCUT2D eigenvalue weighted by Gasteiger charge is 2.35. The summed E-state index contributed by atoms with van der Waals surface area (Å²) in [7, 11) is 0. The first kappa shape index (κ1) is 14.5. The Morgan fingerprint density at radius 3 is 2.35 bits per heavy atom. The van der Waals surface area contributed by atoms with Gasteiger partial charge in [0.25, 0.3) is 0 Å². The molecule has 1 spiro atoms. The van der Waals surface area contributed by atoms with Gasteiger partial charge in [0.15, 0.2) is 0 Å². The van der Waals surface area contributed by atoms with E-state index < -0.39 is 0 Å². The first-order valence-corrected chi connectivity index (χ1v) is 8.74. The lowest BCUT2D eigenvalue weighted by Crippen LogP contribution is -2.41. The second-order valence-corrected chi connectivity index (χ2v) is 7.09. The summed E-state index contributed by atoms with van der Waals surface area (Å²) >= 11 is 12.4. The van der Waals surface area contributed by atoms with Crippen molar-refractivity contribution < 1.29 is 0 Å². The van der Waals surface area contributed by atoms with Crippen LogP contribution in [0, 0.1) is 5.41 Å². The van der Waals surface area contributed by atoms with Crippen molar-refractivity contribution in [3.63, 3.8) is 0 Å². The average molecular weight is 312 g/mol. The molecule has 1 aromatic carbocycles. The van der Waals surface area contributed by atoms with Gasteiger partial charge in [-0.1, -0.05) is 36.9 Å². The van der Waals surface area contributed by atoms with Crippen LogP contribution in [0.25, 0.3) is 0 Å². The molecule has 1 saturated heterocycles. The van der Waals surface area contributed by atoms with Gasteiger partial charge in [0.2, 0.25) is 0 Å². The predicted octanol–water partition coefficient (Wildman–Crippen LogP) is 5.63. The number of piperidine rings is 1. The Morgan fingerprint density at radius 1 is 1.00 bits per heavy atom. The molecule has 1 aliphatic carbocycles. The van der Waals surface area contributed by atoms with Crippen LogP contribution in [0.1, 0.15) is 50.5 Å². The predicted molar refractivity (Wildman–Crippen MR) is 88.0 cm³/mol. The van der Waals surface area contributed by atoms with Crippen molar-refractivity contribution >= 4 is 28.9 Å². The van der Waals surface area contributed by atoms with Crippen LogP contribution >= 0.6 is 23.2 Å². The van der Waals surface area contributed by atoms with E-state index in [-0.39, 0.29) is 0 Å². The molecule has 1 aliphatic heterocycles. The molecule has 0 atom stereocenters. The molecule has 20 heavy (non-hydrogen) atoms. The van der Waals surface area contributed by atoms with Gasteiger partial charge in [-0.15, -0.1) is 11.6 Å². The molecule has 1 saturated carbocycles. The molecule has 3 heteroatoms. The molecule has 0 unspecified atom stereocenters. The Kier molecular flexibility index (Phi) is 4.47. The number of anilines is 1. The van der Waals surface area contributed by atoms with Crippen LogP contribution in [0.2, 0.25) is 5.02 Å². The summed E-state index contributed by atoms with van der Waals surface area (Å²) in [5.41, 5.74) is 2.99. The molecule has 2 fully saturated rings. The largest absolute Gasteiger partial charge is 0.371 e. The Hall–Kier alpha value is -0.400. The minimum absolute atomic E-state index is 0.497. The van der Waals surface area contributed by atoms with Crippen LogP contribution < -0.4 is 4.90 Å². The lowest BCUT2D eigenvalue weighted by molar-refractivity contribution is 0.144. The summed E-state index contributed by atoms with van der Waals surface area (Å²) in [6.45, 7) is 2.31. The molecule has 0 amide bonds. The SMILES string of the molecule is ClCc1c(Cl)cccc1N1CCC2(CCCCC2)CC1. The third kappa shape index (κ3) is 2.80. The van der Waals surface area contributed by atoms with Crippen LogP contribution in [-0.4, -0.2) is 13.1 Å². The molecule has 1 nitrogen and oxygen atoms in total. The lowest BCUT2D eigenvalue weighted by atomic mass is 9.68. The molecule has 1 aromatic rings. The summed E-state index contributed by atoms with van der Waals surface area (Å²) in [6, 6.07) is 6.15. The van der Waals surface area contributed by atoms with Crippen molar-refractivity contribution in [1.29, 1.82) is 0 Å². The number of alkyl halides is 1. The lowest BCUT2D eigenvalue weighted by Gasteiger charge is -2.45. The Bertz CT molecular complexity index is 456. The normalized spacial score (nSPS) is 22.2. The zero-order valence-corrected chi connectivity index (χ0v) is 13.5. The van der Waals surface area contributed by atoms with E-state index >= 15 is 0 Å². The standard InChI is InChI=1S/C17H23Cl2N/c18-13-14-15(19)5-4-6-16(14)20-11-9-17(10-12-20)7-2-1-3-8-17/h4-6H,1-3,7-13H2. The minimum atomic E-state index is 0.497. The molecular weight excluding hydrogens is 289 g/mol. The van der Waals surface area contributed by atoms with Crippen LogP contribution in [0.5, 0.6) is 0 Å². The Morgan fingerprint density at radius 2 is 1.70 bits per heavy atom. The Balaban J connectivity index is 1.73. The summed E-state index contributed by atoms with van der Waals surface area (Å²) in [5.74, 6) is 0.497. The molecule has 0 bridgehead atoms. The highest BCUT2D eigenvalue weighted by atomic mass is 35.5. The van der Waals surface area contributed by atoms with Crippen molar-refractivity contribution in [3.05, 3.63) is 28.8 Å². The highest BCUT2D eigenvalue weighted by Crippen LogP contribution is 2.45. The highest BCUT2D eigenvalue weighted by molar-refractivity contribution is 6.32. The van der Waals surface area contributed by atoms with E-state index in [9.17, 15) is 0 Å². The van der Waals surface area contributed by atoms with Gasteiger partial charge in [0.1, 0.15) is 0 Å². The average Bonchev–Trinajstić information content (AvgIpc) is 2.49. The van der Waals surface area contributed by atoms with E-state index in [2.05, 4.69) is 11.0 Å². The molecule has 1 heterocycles. The zero-order chi connectivity index (χ0) is 14.0. The monoisotopic (exact) mass is 311 g/mol. The maximum atomic E-state index is 6.28. The number of benzene rings is 1. The number of hydrogen-bond acceptors (Lipinski definition) is 1. The summed E-state index contributed by atoms with van der Waals surface area (Å²) in [4.78, 5) is 2.49. The van der Waals surface area contributed by atoms with E-state index in [0.29, 0.717) is 11.3 Å². The second-order valence-electron chi connectivity index (χ2n) is 6.42. The van der Waals surface area contributed by atoms with Crippen molar-refractivity contribution in [2.45, 2.75) is 50.8 Å². The van der Waals surface area contributed by atoms with E-state index in [4.69, 9.17) is 23.2 Å². The van der Waals surface area contributed by atoms with Crippen LogP contribution in [0.4, 0.5) is 5.69 Å². The smallest absolute Gasteiger partial charge is 0.0509 e. The first-order chi connectivity index (χ1) is 9.74. The third-order valence-electron chi connectivity index (χ3n) is 5.31. The van der Waals surface area contributed by atoms with Gasteiger partial charge in [0.05, 0.1) is 5.88 Å². The van der Waals surface area contributed by atoms with Crippen molar-refractivity contribution in [1.82, 2.24) is 0 Å². The first-order valence-electron chi connectivity index (χ1n) is 7.82. The molecule has 0 aromatic heterocycles. The van der Waals surface area contributed by atoms with E-state index in [0.717, 1.165) is 23.7 Å². The van der Waals surface area contributed by atoms with Gasteiger partial charge in [-0.25, -0.2) is 0 Å². The minimum Gasteiger partial charge on any atom is -0.371 e. The fourth-order valence-electron chi connectivity index (χ4n) is 4.00. The number of halogens is 2. The fraction of sp³-hybridized carbons (Fsp3) is 0.647. The van der Waals surface area contributed by atoms with Crippen molar-refractivity contribution in [3.8, 4) is 0 Å². The van der Waals surface area contributed by atoms with Crippen LogP contribution in [0.3, 0.4) is 0 Å². The molecular formula is C17H23Cl2N. The number of rotatable bonds is 2. The summed E-state index contributed by atoms with van der Waals surface area (Å²) in [6.07, 6.45) is 9.87. The van der Waals surface area contributed by atoms with Crippen LogP contribution in [0.15, 0.2) is 18.2 Å². The summed E-state index contributed by atoms with van der Waals surface area (Å²) < 4.78 is 0. The topological polar surface area (TPSA) is 3.24 Å². The quantitative estimate of drug-likeness (QED) is 0.640. The van der Waals surface area contributed by atoms with Crippen molar-refractivity contribution in [2.24, 2.45) is 5.41 Å². The molecule has 110 valence electrons. The Labute approximate surface area is 132 Å². The maximum Gasteiger partial charge on any atom is 0.0509 e. The van der Waals surface area contributed by atoms with Gasteiger partial charge < -0.3 is 4.90 Å². The van der Waals surface area contributed by atoms with E-state index in [1.165, 1.54) is 50.6 Å². The van der Waals surface area contributed by atoms with E-state index in [1.54, 1.807) is 0 Å².